The highest BCUT2D eigenvalue weighted by molar-refractivity contribution is 5.92. The van der Waals surface area contributed by atoms with E-state index < -0.39 is 0 Å². The summed E-state index contributed by atoms with van der Waals surface area (Å²) in [4.78, 5) is 16.3. The zero-order chi connectivity index (χ0) is 17.2. The highest BCUT2D eigenvalue weighted by Gasteiger charge is 2.30. The van der Waals surface area contributed by atoms with Crippen LogP contribution in [0.15, 0.2) is 42.5 Å². The van der Waals surface area contributed by atoms with Crippen LogP contribution in [0.25, 0.3) is 16.9 Å². The lowest BCUT2D eigenvalue weighted by atomic mass is 10.1. The Hall–Kier alpha value is -3.40. The number of ether oxygens (including phenoxy) is 1. The first-order chi connectivity index (χ1) is 12.2. The van der Waals surface area contributed by atoms with Gasteiger partial charge in [-0.05, 0) is 49.2 Å². The minimum absolute atomic E-state index is 0.0159. The number of nitrogens with one attached hydrogen (secondary N) is 1. The molecule has 7 heteroatoms. The number of aromatic nitrogens is 3. The van der Waals surface area contributed by atoms with Gasteiger partial charge in [0.25, 0.3) is 0 Å². The smallest absolute Gasteiger partial charge is 0.249 e. The molecule has 1 aromatic carbocycles. The number of nitriles is 1. The first-order valence-corrected chi connectivity index (χ1v) is 8.01. The molecule has 0 aliphatic heterocycles. The molecule has 124 valence electrons. The quantitative estimate of drug-likeness (QED) is 0.775. The van der Waals surface area contributed by atoms with Crippen molar-refractivity contribution >= 4 is 17.5 Å². The topological polar surface area (TPSA) is 92.3 Å². The van der Waals surface area contributed by atoms with E-state index in [1.807, 2.05) is 36.4 Å². The largest absolute Gasteiger partial charge is 0.479 e. The number of amides is 1. The molecule has 0 spiro atoms. The average Bonchev–Trinajstić information content (AvgIpc) is 3.40. The molecule has 0 atom stereocenters. The van der Waals surface area contributed by atoms with Gasteiger partial charge >= 0.3 is 0 Å². The Labute approximate surface area is 143 Å². The number of carbonyl (C=O) groups is 1. The third-order valence-corrected chi connectivity index (χ3v) is 4.00. The number of rotatable bonds is 5. The summed E-state index contributed by atoms with van der Waals surface area (Å²) in [5.41, 5.74) is 2.44. The van der Waals surface area contributed by atoms with Gasteiger partial charge in [-0.15, -0.1) is 5.10 Å². The maximum atomic E-state index is 11.9. The Balaban J connectivity index is 1.63. The van der Waals surface area contributed by atoms with Gasteiger partial charge in [0.05, 0.1) is 5.69 Å². The van der Waals surface area contributed by atoms with Crippen molar-refractivity contribution in [3.05, 3.63) is 42.5 Å². The lowest BCUT2D eigenvalue weighted by molar-refractivity contribution is -0.117. The first-order valence-electron chi connectivity index (χ1n) is 8.01. The molecule has 1 aliphatic rings. The van der Waals surface area contributed by atoms with E-state index in [9.17, 15) is 4.79 Å². The average molecular weight is 333 g/mol. The van der Waals surface area contributed by atoms with Crippen LogP contribution in [0.4, 0.5) is 5.95 Å². The van der Waals surface area contributed by atoms with Crippen LogP contribution in [0.2, 0.25) is 0 Å². The van der Waals surface area contributed by atoms with Gasteiger partial charge in [0.15, 0.2) is 12.3 Å². The van der Waals surface area contributed by atoms with Gasteiger partial charge in [0.1, 0.15) is 11.8 Å². The van der Waals surface area contributed by atoms with Crippen LogP contribution < -0.4 is 10.1 Å². The number of benzene rings is 1. The molecule has 1 saturated carbocycles. The van der Waals surface area contributed by atoms with Crippen LogP contribution >= 0.6 is 0 Å². The summed E-state index contributed by atoms with van der Waals surface area (Å²) in [5, 5.41) is 15.7. The predicted octanol–water partition coefficient (Wildman–Crippen LogP) is 2.65. The van der Waals surface area contributed by atoms with Crippen LogP contribution in [0, 0.1) is 17.2 Å². The third kappa shape index (κ3) is 3.15. The SMILES string of the molecule is N#CCOc1ccc(-c2cccc3nc(NC(=O)C4CC4)nn23)cc1. The van der Waals surface area contributed by atoms with E-state index in [4.69, 9.17) is 10.00 Å². The number of pyridine rings is 1. The summed E-state index contributed by atoms with van der Waals surface area (Å²) in [6, 6.07) is 15.0. The molecule has 1 aliphatic carbocycles. The number of hydrogen-bond donors (Lipinski definition) is 1. The lowest BCUT2D eigenvalue weighted by Gasteiger charge is -2.06. The standard InChI is InChI=1S/C18H15N5O2/c19-10-11-25-14-8-6-12(7-9-14)15-2-1-3-16-20-18(22-23(15)16)21-17(24)13-4-5-13/h1-3,6-9,13H,4-5,11H2,(H,21,22,24). The van der Waals surface area contributed by atoms with E-state index in [1.165, 1.54) is 0 Å². The predicted molar refractivity (Wildman–Crippen MR) is 90.9 cm³/mol. The maximum Gasteiger partial charge on any atom is 0.249 e. The summed E-state index contributed by atoms with van der Waals surface area (Å²) in [6.07, 6.45) is 1.87. The molecule has 2 aromatic heterocycles. The van der Waals surface area contributed by atoms with Gasteiger partial charge in [-0.1, -0.05) is 6.07 Å². The molecule has 25 heavy (non-hydrogen) atoms. The second-order valence-electron chi connectivity index (χ2n) is 5.85. The van der Waals surface area contributed by atoms with Gasteiger partial charge < -0.3 is 4.74 Å². The van der Waals surface area contributed by atoms with Crippen molar-refractivity contribution in [3.8, 4) is 23.1 Å². The Morgan fingerprint density at radius 2 is 2.08 bits per heavy atom. The molecule has 1 N–H and O–H groups in total. The Kier molecular flexibility index (Phi) is 3.78. The molecular weight excluding hydrogens is 318 g/mol. The van der Waals surface area contributed by atoms with Gasteiger partial charge in [0.2, 0.25) is 11.9 Å². The second kappa shape index (κ2) is 6.24. The molecule has 0 unspecified atom stereocenters. The van der Waals surface area contributed by atoms with Crippen molar-refractivity contribution < 1.29 is 9.53 Å². The van der Waals surface area contributed by atoms with Crippen LogP contribution in [-0.2, 0) is 4.79 Å². The normalized spacial score (nSPS) is 13.4. The van der Waals surface area contributed by atoms with Gasteiger partial charge in [0, 0.05) is 11.5 Å². The van der Waals surface area contributed by atoms with E-state index in [1.54, 1.807) is 16.6 Å². The highest BCUT2D eigenvalue weighted by Crippen LogP contribution is 2.30. The molecule has 2 heterocycles. The summed E-state index contributed by atoms with van der Waals surface area (Å²) in [6.45, 7) is 0.0159. The van der Waals surface area contributed by atoms with E-state index in [0.717, 1.165) is 24.1 Å². The maximum absolute atomic E-state index is 11.9. The molecule has 0 radical (unpaired) electrons. The number of anilines is 1. The number of fused-ring (bicyclic) bond motifs is 1. The molecular formula is C18H15N5O2. The van der Waals surface area contributed by atoms with E-state index in [-0.39, 0.29) is 18.4 Å². The molecule has 0 bridgehead atoms. The van der Waals surface area contributed by atoms with Crippen LogP contribution in [-0.4, -0.2) is 27.1 Å². The first kappa shape index (κ1) is 15.1. The second-order valence-corrected chi connectivity index (χ2v) is 5.85. The minimum atomic E-state index is -0.0172. The Morgan fingerprint density at radius 3 is 2.80 bits per heavy atom. The van der Waals surface area contributed by atoms with Crippen molar-refractivity contribution in [1.29, 1.82) is 5.26 Å². The Morgan fingerprint density at radius 1 is 1.28 bits per heavy atom. The summed E-state index contributed by atoms with van der Waals surface area (Å²) < 4.78 is 6.97. The Bertz CT molecular complexity index is 967. The zero-order valence-corrected chi connectivity index (χ0v) is 13.3. The van der Waals surface area contributed by atoms with Crippen molar-refractivity contribution in [3.63, 3.8) is 0 Å². The van der Waals surface area contributed by atoms with Crippen molar-refractivity contribution in [2.45, 2.75) is 12.8 Å². The third-order valence-electron chi connectivity index (χ3n) is 4.00. The molecule has 4 rings (SSSR count). The van der Waals surface area contributed by atoms with Crippen molar-refractivity contribution in [2.24, 2.45) is 5.92 Å². The van der Waals surface area contributed by atoms with Crippen LogP contribution in [0.1, 0.15) is 12.8 Å². The summed E-state index contributed by atoms with van der Waals surface area (Å²) >= 11 is 0. The molecule has 0 saturated heterocycles. The van der Waals surface area contributed by atoms with Gasteiger partial charge in [-0.2, -0.15) is 10.2 Å². The number of nitrogens with zero attached hydrogens (tertiary/aromatic N) is 4. The lowest BCUT2D eigenvalue weighted by Crippen LogP contribution is -2.14. The fraction of sp³-hybridized carbons (Fsp3) is 0.222. The molecule has 1 fully saturated rings. The fourth-order valence-corrected chi connectivity index (χ4v) is 2.57. The van der Waals surface area contributed by atoms with Gasteiger partial charge in [-0.3, -0.25) is 10.1 Å². The van der Waals surface area contributed by atoms with Gasteiger partial charge in [-0.25, -0.2) is 4.52 Å². The highest BCUT2D eigenvalue weighted by atomic mass is 16.5. The summed E-state index contributed by atoms with van der Waals surface area (Å²) in [5.74, 6) is 1.04. The van der Waals surface area contributed by atoms with Crippen molar-refractivity contribution in [2.75, 3.05) is 11.9 Å². The number of hydrogen-bond acceptors (Lipinski definition) is 5. The van der Waals surface area contributed by atoms with Crippen LogP contribution in [0.5, 0.6) is 5.75 Å². The van der Waals surface area contributed by atoms with E-state index in [2.05, 4.69) is 15.4 Å². The molecule has 1 amide bonds. The van der Waals surface area contributed by atoms with Crippen molar-refractivity contribution in [1.82, 2.24) is 14.6 Å². The van der Waals surface area contributed by atoms with Crippen LogP contribution in [0.3, 0.4) is 0 Å². The van der Waals surface area contributed by atoms with E-state index in [0.29, 0.717) is 17.3 Å². The fourth-order valence-electron chi connectivity index (χ4n) is 2.57. The summed E-state index contributed by atoms with van der Waals surface area (Å²) in [7, 11) is 0. The zero-order valence-electron chi connectivity index (χ0n) is 13.3. The molecule has 7 nitrogen and oxygen atoms in total. The number of carbonyl (C=O) groups excluding carboxylic acids is 1. The minimum Gasteiger partial charge on any atom is -0.479 e. The molecule has 3 aromatic rings. The monoisotopic (exact) mass is 333 g/mol. The van der Waals surface area contributed by atoms with E-state index >= 15 is 0 Å².